The van der Waals surface area contributed by atoms with Gasteiger partial charge in [-0.05, 0) is 72.5 Å². The van der Waals surface area contributed by atoms with E-state index in [9.17, 15) is 4.79 Å². The normalized spacial score (nSPS) is 13.9. The molecular weight excluding hydrogens is 438 g/mol. The van der Waals surface area contributed by atoms with Crippen LogP contribution in [0.1, 0.15) is 41.5 Å². The van der Waals surface area contributed by atoms with E-state index in [2.05, 4.69) is 33.7 Å². The van der Waals surface area contributed by atoms with Gasteiger partial charge >= 0.3 is 6.03 Å². The summed E-state index contributed by atoms with van der Waals surface area (Å²) in [6.07, 6.45) is 3.87. The third-order valence-electron chi connectivity index (χ3n) is 6.28. The van der Waals surface area contributed by atoms with Crippen LogP contribution in [0, 0.1) is 0 Å². The van der Waals surface area contributed by atoms with Crippen molar-refractivity contribution in [1.29, 1.82) is 0 Å². The van der Waals surface area contributed by atoms with Crippen molar-refractivity contribution in [2.24, 2.45) is 0 Å². The summed E-state index contributed by atoms with van der Waals surface area (Å²) in [7, 11) is 1.65. The minimum Gasteiger partial charge on any atom is -0.497 e. The third-order valence-corrected chi connectivity index (χ3v) is 6.28. The number of nitrogens with one attached hydrogen (secondary N) is 2. The monoisotopic (exact) mass is 473 g/mol. The van der Waals surface area contributed by atoms with E-state index in [4.69, 9.17) is 9.47 Å². The maximum absolute atomic E-state index is 12.6. The van der Waals surface area contributed by atoms with Crippen LogP contribution in [0.5, 0.6) is 5.75 Å². The SMILES string of the molecule is COc1ccc(COCc2cccc(NC(=O)NCc3ccccc3CN3CCCCC3)c2)cc1. The average Bonchev–Trinajstić information content (AvgIpc) is 2.89. The van der Waals surface area contributed by atoms with Crippen LogP contribution >= 0.6 is 0 Å². The highest BCUT2D eigenvalue weighted by Gasteiger charge is 2.13. The Morgan fingerprint density at radius 3 is 2.37 bits per heavy atom. The number of hydrogen-bond acceptors (Lipinski definition) is 4. The van der Waals surface area contributed by atoms with Crippen LogP contribution in [0.2, 0.25) is 0 Å². The molecule has 0 saturated carbocycles. The van der Waals surface area contributed by atoms with Crippen molar-refractivity contribution in [3.05, 3.63) is 95.1 Å². The number of hydrogen-bond donors (Lipinski definition) is 2. The molecule has 2 amide bonds. The highest BCUT2D eigenvalue weighted by molar-refractivity contribution is 5.89. The summed E-state index contributed by atoms with van der Waals surface area (Å²) in [4.78, 5) is 15.1. The number of carbonyl (C=O) groups is 1. The second-order valence-electron chi connectivity index (χ2n) is 8.95. The first-order chi connectivity index (χ1) is 17.2. The lowest BCUT2D eigenvalue weighted by molar-refractivity contribution is 0.107. The van der Waals surface area contributed by atoms with Gasteiger partial charge in [-0.1, -0.05) is 55.0 Å². The molecule has 0 aliphatic carbocycles. The molecule has 0 spiro atoms. The second kappa shape index (κ2) is 12.9. The number of amides is 2. The highest BCUT2D eigenvalue weighted by Crippen LogP contribution is 2.17. The van der Waals surface area contributed by atoms with E-state index >= 15 is 0 Å². The van der Waals surface area contributed by atoms with Crippen LogP contribution in [-0.2, 0) is 31.0 Å². The van der Waals surface area contributed by atoms with Crippen molar-refractivity contribution in [2.45, 2.75) is 45.6 Å². The second-order valence-corrected chi connectivity index (χ2v) is 8.95. The molecule has 1 heterocycles. The van der Waals surface area contributed by atoms with Crippen LogP contribution in [-0.4, -0.2) is 31.1 Å². The molecule has 0 unspecified atom stereocenters. The fourth-order valence-electron chi connectivity index (χ4n) is 4.34. The van der Waals surface area contributed by atoms with Gasteiger partial charge in [0.15, 0.2) is 0 Å². The molecule has 0 atom stereocenters. The number of methoxy groups -OCH3 is 1. The van der Waals surface area contributed by atoms with E-state index in [-0.39, 0.29) is 6.03 Å². The first-order valence-electron chi connectivity index (χ1n) is 12.3. The van der Waals surface area contributed by atoms with E-state index in [0.29, 0.717) is 19.8 Å². The van der Waals surface area contributed by atoms with Gasteiger partial charge in [-0.15, -0.1) is 0 Å². The molecular formula is C29H35N3O3. The Labute approximate surface area is 208 Å². The molecule has 6 nitrogen and oxygen atoms in total. The van der Waals surface area contributed by atoms with Gasteiger partial charge in [0.05, 0.1) is 20.3 Å². The van der Waals surface area contributed by atoms with E-state index in [0.717, 1.165) is 47.8 Å². The van der Waals surface area contributed by atoms with Gasteiger partial charge in [-0.2, -0.15) is 0 Å². The third kappa shape index (κ3) is 7.84. The summed E-state index contributed by atoms with van der Waals surface area (Å²) in [6.45, 7) is 4.73. The molecule has 2 N–H and O–H groups in total. The zero-order chi connectivity index (χ0) is 24.3. The Balaban J connectivity index is 1.24. The minimum absolute atomic E-state index is 0.214. The fraction of sp³-hybridized carbons (Fsp3) is 0.345. The van der Waals surface area contributed by atoms with Crippen LogP contribution in [0.15, 0.2) is 72.8 Å². The Hall–Kier alpha value is -3.35. The summed E-state index contributed by atoms with van der Waals surface area (Å²) in [5, 5.41) is 5.95. The van der Waals surface area contributed by atoms with E-state index in [1.807, 2.05) is 54.6 Å². The van der Waals surface area contributed by atoms with Crippen LogP contribution < -0.4 is 15.4 Å². The molecule has 0 radical (unpaired) electrons. The number of anilines is 1. The molecule has 0 bridgehead atoms. The molecule has 3 aromatic rings. The molecule has 1 saturated heterocycles. The lowest BCUT2D eigenvalue weighted by Crippen LogP contribution is -2.31. The Morgan fingerprint density at radius 1 is 0.857 bits per heavy atom. The molecule has 35 heavy (non-hydrogen) atoms. The summed E-state index contributed by atoms with van der Waals surface area (Å²) in [5.74, 6) is 0.830. The van der Waals surface area contributed by atoms with Crippen LogP contribution in [0.3, 0.4) is 0 Å². The van der Waals surface area contributed by atoms with Gasteiger partial charge in [0.2, 0.25) is 0 Å². The maximum Gasteiger partial charge on any atom is 0.319 e. The Morgan fingerprint density at radius 2 is 1.60 bits per heavy atom. The molecule has 6 heteroatoms. The topological polar surface area (TPSA) is 62.8 Å². The number of rotatable bonds is 10. The molecule has 0 aromatic heterocycles. The number of nitrogens with zero attached hydrogens (tertiary/aromatic N) is 1. The fourth-order valence-corrected chi connectivity index (χ4v) is 4.34. The van der Waals surface area contributed by atoms with E-state index < -0.39 is 0 Å². The van der Waals surface area contributed by atoms with Crippen molar-refractivity contribution >= 4 is 11.7 Å². The zero-order valence-corrected chi connectivity index (χ0v) is 20.5. The standard InChI is InChI=1S/C29H35N3O3/c1-34-28-14-12-23(13-15-28)21-35-22-24-8-7-11-27(18-24)31-29(33)30-19-25-9-3-4-10-26(25)20-32-16-5-2-6-17-32/h3-4,7-15,18H,2,5-6,16-17,19-22H2,1H3,(H2,30,31,33). The number of urea groups is 1. The number of carbonyl (C=O) groups excluding carboxylic acids is 1. The predicted octanol–water partition coefficient (Wildman–Crippen LogP) is 5.72. The Bertz CT molecular complexity index is 1080. The van der Waals surface area contributed by atoms with Crippen molar-refractivity contribution in [3.8, 4) is 5.75 Å². The number of benzene rings is 3. The van der Waals surface area contributed by atoms with Crippen molar-refractivity contribution in [1.82, 2.24) is 10.2 Å². The van der Waals surface area contributed by atoms with Crippen molar-refractivity contribution in [3.63, 3.8) is 0 Å². The molecule has 4 rings (SSSR count). The number of ether oxygens (including phenoxy) is 2. The molecule has 1 aliphatic rings. The smallest absolute Gasteiger partial charge is 0.319 e. The maximum atomic E-state index is 12.6. The number of likely N-dealkylation sites (tertiary alicyclic amines) is 1. The molecule has 1 fully saturated rings. The van der Waals surface area contributed by atoms with Gasteiger partial charge in [0.1, 0.15) is 5.75 Å². The van der Waals surface area contributed by atoms with Gasteiger partial charge in [-0.25, -0.2) is 4.79 Å². The quantitative estimate of drug-likeness (QED) is 0.395. The first kappa shape index (κ1) is 24.8. The van der Waals surface area contributed by atoms with Gasteiger partial charge < -0.3 is 20.1 Å². The minimum atomic E-state index is -0.214. The first-order valence-corrected chi connectivity index (χ1v) is 12.3. The molecule has 184 valence electrons. The van der Waals surface area contributed by atoms with Gasteiger partial charge in [-0.3, -0.25) is 4.90 Å². The zero-order valence-electron chi connectivity index (χ0n) is 20.5. The summed E-state index contributed by atoms with van der Waals surface area (Å²) in [6, 6.07) is 23.7. The highest BCUT2D eigenvalue weighted by atomic mass is 16.5. The molecule has 3 aromatic carbocycles. The Kier molecular flexibility index (Phi) is 9.15. The summed E-state index contributed by atoms with van der Waals surface area (Å²) in [5.41, 5.74) is 5.28. The van der Waals surface area contributed by atoms with Crippen molar-refractivity contribution in [2.75, 3.05) is 25.5 Å². The van der Waals surface area contributed by atoms with Crippen molar-refractivity contribution < 1.29 is 14.3 Å². The lowest BCUT2D eigenvalue weighted by Gasteiger charge is -2.27. The van der Waals surface area contributed by atoms with E-state index in [1.54, 1.807) is 7.11 Å². The largest absolute Gasteiger partial charge is 0.497 e. The van der Waals surface area contributed by atoms with Gasteiger partial charge in [0.25, 0.3) is 0 Å². The molecule has 1 aliphatic heterocycles. The number of piperidine rings is 1. The average molecular weight is 474 g/mol. The van der Waals surface area contributed by atoms with E-state index in [1.165, 1.54) is 24.8 Å². The lowest BCUT2D eigenvalue weighted by atomic mass is 10.0. The summed E-state index contributed by atoms with van der Waals surface area (Å²) >= 11 is 0. The predicted molar refractivity (Wildman–Crippen MR) is 139 cm³/mol. The van der Waals surface area contributed by atoms with Gasteiger partial charge in [0, 0.05) is 18.8 Å². The van der Waals surface area contributed by atoms with Crippen LogP contribution in [0.4, 0.5) is 10.5 Å². The van der Waals surface area contributed by atoms with Crippen LogP contribution in [0.25, 0.3) is 0 Å². The summed E-state index contributed by atoms with van der Waals surface area (Å²) < 4.78 is 11.0.